The molecule has 0 amide bonds. The first-order valence-electron chi connectivity index (χ1n) is 7.74. The molecule has 0 unspecified atom stereocenters. The zero-order chi connectivity index (χ0) is 14.7. The Hall–Kier alpha value is -1.29. The number of nitrogens with two attached hydrogens (primary N) is 1. The van der Waals surface area contributed by atoms with Crippen LogP contribution in [0.2, 0.25) is 0 Å². The van der Waals surface area contributed by atoms with Gasteiger partial charge in [0.1, 0.15) is 5.76 Å². The lowest BCUT2D eigenvalue weighted by Gasteiger charge is -2.13. The van der Waals surface area contributed by atoms with E-state index < -0.39 is 0 Å². The summed E-state index contributed by atoms with van der Waals surface area (Å²) in [5, 5.41) is 4.00. The number of anilines is 1. The predicted molar refractivity (Wildman–Crippen MR) is 88.9 cm³/mol. The molecule has 1 fully saturated rings. The van der Waals surface area contributed by atoms with Crippen molar-refractivity contribution >= 4 is 21.7 Å². The molecule has 1 aromatic heterocycles. The molecule has 3 rings (SSSR count). The van der Waals surface area contributed by atoms with E-state index in [-0.39, 0.29) is 0 Å². The van der Waals surface area contributed by atoms with E-state index in [4.69, 9.17) is 10.3 Å². The summed E-state index contributed by atoms with van der Waals surface area (Å²) in [6.45, 7) is 0. The number of hydrogen-bond donors (Lipinski definition) is 1. The summed E-state index contributed by atoms with van der Waals surface area (Å²) < 4.78 is 6.58. The van der Waals surface area contributed by atoms with Gasteiger partial charge in [-0.25, -0.2) is 0 Å². The van der Waals surface area contributed by atoms with Gasteiger partial charge in [0, 0.05) is 16.5 Å². The number of benzene rings is 1. The Kier molecular flexibility index (Phi) is 4.63. The second-order valence-corrected chi connectivity index (χ2v) is 6.76. The Morgan fingerprint density at radius 1 is 1.14 bits per heavy atom. The van der Waals surface area contributed by atoms with E-state index in [2.05, 4.69) is 27.2 Å². The fraction of sp³-hybridized carbons (Fsp3) is 0.471. The first kappa shape index (κ1) is 14.6. The summed E-state index contributed by atoms with van der Waals surface area (Å²) in [5.41, 5.74) is 8.09. The third-order valence-electron chi connectivity index (χ3n) is 4.38. The standard InChI is InChI=1S/C17H21BrN2O/c18-14-10-6-5-9-13(14)16-15(21-20-17(16)19)11-12-7-3-1-2-4-8-12/h5-6,9-10,12H,1-4,7-8,11H2,(H2,19,20). The molecule has 1 aromatic carbocycles. The van der Waals surface area contributed by atoms with Gasteiger partial charge in [0.05, 0.1) is 5.56 Å². The zero-order valence-corrected chi connectivity index (χ0v) is 13.7. The number of hydrogen-bond acceptors (Lipinski definition) is 3. The molecule has 1 aliphatic rings. The summed E-state index contributed by atoms with van der Waals surface area (Å²) in [5.74, 6) is 2.12. The highest BCUT2D eigenvalue weighted by atomic mass is 79.9. The average molecular weight is 349 g/mol. The van der Waals surface area contributed by atoms with E-state index in [0.717, 1.165) is 27.8 Å². The third kappa shape index (κ3) is 3.31. The number of halogens is 1. The zero-order valence-electron chi connectivity index (χ0n) is 12.1. The highest BCUT2D eigenvalue weighted by molar-refractivity contribution is 9.10. The van der Waals surface area contributed by atoms with Crippen LogP contribution >= 0.6 is 15.9 Å². The van der Waals surface area contributed by atoms with Crippen LogP contribution in [-0.2, 0) is 6.42 Å². The molecule has 0 spiro atoms. The smallest absolute Gasteiger partial charge is 0.175 e. The third-order valence-corrected chi connectivity index (χ3v) is 5.07. The quantitative estimate of drug-likeness (QED) is 0.775. The van der Waals surface area contributed by atoms with E-state index in [0.29, 0.717) is 11.7 Å². The first-order chi connectivity index (χ1) is 10.3. The van der Waals surface area contributed by atoms with Crippen molar-refractivity contribution in [3.63, 3.8) is 0 Å². The molecule has 1 heterocycles. The topological polar surface area (TPSA) is 52.0 Å². The minimum atomic E-state index is 0.491. The fourth-order valence-corrected chi connectivity index (χ4v) is 3.74. The van der Waals surface area contributed by atoms with Crippen LogP contribution in [0.3, 0.4) is 0 Å². The van der Waals surface area contributed by atoms with Gasteiger partial charge in [-0.15, -0.1) is 0 Å². The van der Waals surface area contributed by atoms with E-state index in [1.807, 2.05) is 18.2 Å². The van der Waals surface area contributed by atoms with Crippen LogP contribution in [0.4, 0.5) is 5.82 Å². The van der Waals surface area contributed by atoms with E-state index >= 15 is 0 Å². The molecule has 112 valence electrons. The lowest BCUT2D eigenvalue weighted by atomic mass is 9.92. The van der Waals surface area contributed by atoms with Gasteiger partial charge in [-0.2, -0.15) is 0 Å². The maximum atomic E-state index is 6.05. The van der Waals surface area contributed by atoms with Crippen molar-refractivity contribution < 1.29 is 4.52 Å². The second kappa shape index (κ2) is 6.65. The molecule has 4 heteroatoms. The van der Waals surface area contributed by atoms with Gasteiger partial charge in [0.25, 0.3) is 0 Å². The molecule has 21 heavy (non-hydrogen) atoms. The maximum absolute atomic E-state index is 6.05. The van der Waals surface area contributed by atoms with Gasteiger partial charge in [-0.05, 0) is 12.0 Å². The van der Waals surface area contributed by atoms with Crippen molar-refractivity contribution in [2.45, 2.75) is 44.9 Å². The average Bonchev–Trinajstić information content (AvgIpc) is 2.69. The number of rotatable bonds is 3. The van der Waals surface area contributed by atoms with Gasteiger partial charge in [-0.3, -0.25) is 0 Å². The minimum Gasteiger partial charge on any atom is -0.380 e. The van der Waals surface area contributed by atoms with Crippen LogP contribution in [0, 0.1) is 5.92 Å². The normalized spacial score (nSPS) is 16.8. The highest BCUT2D eigenvalue weighted by Crippen LogP contribution is 2.37. The van der Waals surface area contributed by atoms with Crippen molar-refractivity contribution in [3.05, 3.63) is 34.5 Å². The molecule has 0 aliphatic heterocycles. The Labute approximate surface area is 134 Å². The van der Waals surface area contributed by atoms with Crippen molar-refractivity contribution in [1.29, 1.82) is 0 Å². The van der Waals surface area contributed by atoms with Crippen molar-refractivity contribution in [2.24, 2.45) is 5.92 Å². The number of nitrogens with zero attached hydrogens (tertiary/aromatic N) is 1. The van der Waals surface area contributed by atoms with Gasteiger partial charge in [0.15, 0.2) is 5.82 Å². The molecule has 3 nitrogen and oxygen atoms in total. The molecule has 0 bridgehead atoms. The molecule has 1 saturated carbocycles. The van der Waals surface area contributed by atoms with E-state index in [9.17, 15) is 0 Å². The molecular weight excluding hydrogens is 328 g/mol. The summed E-state index contributed by atoms with van der Waals surface area (Å²) in [6.07, 6.45) is 8.92. The molecular formula is C17H21BrN2O. The minimum absolute atomic E-state index is 0.491. The first-order valence-corrected chi connectivity index (χ1v) is 8.54. The molecule has 1 aliphatic carbocycles. The van der Waals surface area contributed by atoms with Crippen molar-refractivity contribution in [3.8, 4) is 11.1 Å². The van der Waals surface area contributed by atoms with E-state index in [1.165, 1.54) is 38.5 Å². The summed E-state index contributed by atoms with van der Waals surface area (Å²) in [4.78, 5) is 0. The van der Waals surface area contributed by atoms with Crippen LogP contribution in [0.1, 0.15) is 44.3 Å². The maximum Gasteiger partial charge on any atom is 0.175 e. The van der Waals surface area contributed by atoms with Crippen LogP contribution in [-0.4, -0.2) is 5.16 Å². The summed E-state index contributed by atoms with van der Waals surface area (Å²) >= 11 is 3.60. The van der Waals surface area contributed by atoms with Crippen molar-refractivity contribution in [2.75, 3.05) is 5.73 Å². The molecule has 0 radical (unpaired) electrons. The van der Waals surface area contributed by atoms with Gasteiger partial charge in [0.2, 0.25) is 0 Å². The fourth-order valence-electron chi connectivity index (χ4n) is 3.26. The van der Waals surface area contributed by atoms with Gasteiger partial charge in [-0.1, -0.05) is 77.8 Å². The van der Waals surface area contributed by atoms with Crippen LogP contribution in [0.15, 0.2) is 33.3 Å². The summed E-state index contributed by atoms with van der Waals surface area (Å²) in [6, 6.07) is 8.10. The lowest BCUT2D eigenvalue weighted by molar-refractivity contribution is 0.347. The van der Waals surface area contributed by atoms with E-state index in [1.54, 1.807) is 0 Å². The molecule has 0 saturated heterocycles. The van der Waals surface area contributed by atoms with Gasteiger partial charge < -0.3 is 10.3 Å². The summed E-state index contributed by atoms with van der Waals surface area (Å²) in [7, 11) is 0. The van der Waals surface area contributed by atoms with Crippen molar-refractivity contribution in [1.82, 2.24) is 5.16 Å². The number of aromatic nitrogens is 1. The predicted octanol–water partition coefficient (Wildman–Crippen LogP) is 5.20. The Bertz CT molecular complexity index is 601. The number of nitrogen functional groups attached to an aromatic ring is 1. The van der Waals surface area contributed by atoms with Crippen LogP contribution < -0.4 is 5.73 Å². The Balaban J connectivity index is 1.88. The lowest BCUT2D eigenvalue weighted by Crippen LogP contribution is -2.03. The van der Waals surface area contributed by atoms with Crippen LogP contribution in [0.5, 0.6) is 0 Å². The monoisotopic (exact) mass is 348 g/mol. The Morgan fingerprint density at radius 2 is 1.86 bits per heavy atom. The van der Waals surface area contributed by atoms with Crippen LogP contribution in [0.25, 0.3) is 11.1 Å². The SMILES string of the molecule is Nc1noc(CC2CCCCCC2)c1-c1ccccc1Br. The Morgan fingerprint density at radius 3 is 2.57 bits per heavy atom. The molecule has 2 aromatic rings. The second-order valence-electron chi connectivity index (χ2n) is 5.91. The molecule has 0 atom stereocenters. The highest BCUT2D eigenvalue weighted by Gasteiger charge is 2.22. The molecule has 2 N–H and O–H groups in total. The largest absolute Gasteiger partial charge is 0.380 e. The van der Waals surface area contributed by atoms with Gasteiger partial charge >= 0.3 is 0 Å².